The van der Waals surface area contributed by atoms with Gasteiger partial charge in [0.2, 0.25) is 0 Å². The van der Waals surface area contributed by atoms with Crippen LogP contribution in [-0.2, 0) is 4.74 Å². The topological polar surface area (TPSA) is 27.7 Å². The fraction of sp³-hybridized carbons (Fsp3) is 1.00. The smallest absolute Gasteiger partial charge is 0.0829 e. The molecule has 0 spiro atoms. The molecule has 2 aliphatic rings. The molecule has 2 fully saturated rings. The minimum absolute atomic E-state index is 0.429. The van der Waals surface area contributed by atoms with Crippen LogP contribution in [0.25, 0.3) is 0 Å². The van der Waals surface area contributed by atoms with Crippen LogP contribution >= 0.6 is 0 Å². The molecule has 4 nitrogen and oxygen atoms in total. The van der Waals surface area contributed by atoms with Crippen LogP contribution in [0.15, 0.2) is 0 Å². The lowest BCUT2D eigenvalue weighted by molar-refractivity contribution is -0.0452. The number of likely N-dealkylation sites (tertiary alicyclic amines) is 1. The van der Waals surface area contributed by atoms with Crippen molar-refractivity contribution in [2.24, 2.45) is 5.92 Å². The number of piperidine rings is 1. The Balaban J connectivity index is 1.61. The van der Waals surface area contributed by atoms with Crippen molar-refractivity contribution in [3.63, 3.8) is 0 Å². The summed E-state index contributed by atoms with van der Waals surface area (Å²) < 4.78 is 5.92. The quantitative estimate of drug-likeness (QED) is 0.715. The van der Waals surface area contributed by atoms with E-state index in [0.717, 1.165) is 38.7 Å². The van der Waals surface area contributed by atoms with Gasteiger partial charge in [-0.05, 0) is 57.9 Å². The molecule has 0 aromatic carbocycles. The van der Waals surface area contributed by atoms with Crippen LogP contribution in [0.2, 0.25) is 0 Å². The molecule has 0 bridgehead atoms. The highest BCUT2D eigenvalue weighted by Crippen LogP contribution is 2.17. The predicted molar refractivity (Wildman–Crippen MR) is 84.2 cm³/mol. The minimum atomic E-state index is 0.429. The summed E-state index contributed by atoms with van der Waals surface area (Å²) in [6.45, 7) is 14.8. The van der Waals surface area contributed by atoms with Gasteiger partial charge in [0, 0.05) is 19.6 Å². The van der Waals surface area contributed by atoms with Gasteiger partial charge in [-0.25, -0.2) is 0 Å². The summed E-state index contributed by atoms with van der Waals surface area (Å²) >= 11 is 0. The second-order valence-electron chi connectivity index (χ2n) is 6.33. The fourth-order valence-electron chi connectivity index (χ4n) is 3.32. The van der Waals surface area contributed by atoms with Crippen LogP contribution in [-0.4, -0.2) is 74.9 Å². The second-order valence-corrected chi connectivity index (χ2v) is 6.33. The third-order valence-corrected chi connectivity index (χ3v) is 4.70. The molecule has 0 saturated carbocycles. The molecule has 1 atom stereocenters. The van der Waals surface area contributed by atoms with E-state index in [0.29, 0.717) is 6.10 Å². The average molecular weight is 283 g/mol. The van der Waals surface area contributed by atoms with E-state index in [2.05, 4.69) is 29.0 Å². The van der Waals surface area contributed by atoms with Crippen LogP contribution in [0, 0.1) is 5.92 Å². The van der Waals surface area contributed by atoms with Gasteiger partial charge in [0.1, 0.15) is 0 Å². The number of ether oxygens (including phenoxy) is 1. The average Bonchev–Trinajstić information content (AvgIpc) is 2.49. The highest BCUT2D eigenvalue weighted by atomic mass is 16.5. The highest BCUT2D eigenvalue weighted by molar-refractivity contribution is 4.79. The normalized spacial score (nSPS) is 27.0. The lowest BCUT2D eigenvalue weighted by Crippen LogP contribution is -2.49. The lowest BCUT2D eigenvalue weighted by atomic mass is 9.96. The molecular formula is C16H33N3O. The molecule has 1 N–H and O–H groups in total. The van der Waals surface area contributed by atoms with E-state index >= 15 is 0 Å². The maximum atomic E-state index is 5.92. The predicted octanol–water partition coefficient (Wildman–Crippen LogP) is 1.42. The Bertz CT molecular complexity index is 254. The van der Waals surface area contributed by atoms with Crippen molar-refractivity contribution in [1.29, 1.82) is 0 Å². The number of hydrogen-bond donors (Lipinski definition) is 1. The van der Waals surface area contributed by atoms with E-state index in [4.69, 9.17) is 4.74 Å². The van der Waals surface area contributed by atoms with Gasteiger partial charge in [0.05, 0.1) is 12.7 Å². The van der Waals surface area contributed by atoms with E-state index in [9.17, 15) is 0 Å². The third-order valence-electron chi connectivity index (χ3n) is 4.70. The second kappa shape index (κ2) is 8.98. The summed E-state index contributed by atoms with van der Waals surface area (Å²) in [5.74, 6) is 0.886. The molecule has 1 unspecified atom stereocenters. The first-order valence-electron chi connectivity index (χ1n) is 8.58. The van der Waals surface area contributed by atoms with Gasteiger partial charge in [-0.1, -0.05) is 13.8 Å². The Morgan fingerprint density at radius 2 is 1.90 bits per heavy atom. The van der Waals surface area contributed by atoms with Gasteiger partial charge < -0.3 is 15.0 Å². The van der Waals surface area contributed by atoms with Crippen molar-refractivity contribution in [3.8, 4) is 0 Å². The van der Waals surface area contributed by atoms with Gasteiger partial charge in [-0.2, -0.15) is 0 Å². The van der Waals surface area contributed by atoms with Gasteiger partial charge in [-0.15, -0.1) is 0 Å². The summed E-state index contributed by atoms with van der Waals surface area (Å²) in [5, 5.41) is 3.56. The van der Waals surface area contributed by atoms with Crippen molar-refractivity contribution >= 4 is 0 Å². The first kappa shape index (κ1) is 16.2. The molecule has 20 heavy (non-hydrogen) atoms. The zero-order chi connectivity index (χ0) is 14.2. The first-order valence-corrected chi connectivity index (χ1v) is 8.58. The van der Waals surface area contributed by atoms with Crippen LogP contribution in [0.1, 0.15) is 33.1 Å². The van der Waals surface area contributed by atoms with Gasteiger partial charge in [0.25, 0.3) is 0 Å². The number of rotatable bonds is 7. The van der Waals surface area contributed by atoms with Gasteiger partial charge in [0.15, 0.2) is 0 Å². The molecule has 2 saturated heterocycles. The molecule has 0 radical (unpaired) electrons. The van der Waals surface area contributed by atoms with Crippen molar-refractivity contribution < 1.29 is 4.74 Å². The Morgan fingerprint density at radius 3 is 2.60 bits per heavy atom. The lowest BCUT2D eigenvalue weighted by Gasteiger charge is -2.38. The van der Waals surface area contributed by atoms with Crippen molar-refractivity contribution in [3.05, 3.63) is 0 Å². The van der Waals surface area contributed by atoms with Crippen molar-refractivity contribution in [2.75, 3.05) is 59.0 Å². The largest absolute Gasteiger partial charge is 0.374 e. The zero-order valence-corrected chi connectivity index (χ0v) is 13.4. The van der Waals surface area contributed by atoms with E-state index in [1.54, 1.807) is 0 Å². The summed E-state index contributed by atoms with van der Waals surface area (Å²) in [4.78, 5) is 5.12. The Morgan fingerprint density at radius 1 is 1.10 bits per heavy atom. The molecule has 2 rings (SSSR count). The number of likely N-dealkylation sites (N-methyl/N-ethyl adjacent to an activating group) is 1. The Hall–Kier alpha value is -0.160. The molecule has 0 aliphatic carbocycles. The maximum Gasteiger partial charge on any atom is 0.0829 e. The molecule has 2 heterocycles. The first-order chi connectivity index (χ1) is 9.81. The van der Waals surface area contributed by atoms with Crippen LogP contribution in [0.3, 0.4) is 0 Å². The summed E-state index contributed by atoms with van der Waals surface area (Å²) in [6, 6.07) is 0. The number of hydrogen-bond acceptors (Lipinski definition) is 4. The monoisotopic (exact) mass is 283 g/mol. The summed E-state index contributed by atoms with van der Waals surface area (Å²) in [7, 11) is 0. The number of nitrogens with zero attached hydrogens (tertiary/aromatic N) is 2. The van der Waals surface area contributed by atoms with Crippen LogP contribution in [0.4, 0.5) is 0 Å². The SMILES string of the molecule is CCCNCC1CCN(CC2CN(CC)CCO2)CC1. The molecule has 0 aromatic heterocycles. The van der Waals surface area contributed by atoms with E-state index < -0.39 is 0 Å². The maximum absolute atomic E-state index is 5.92. The van der Waals surface area contributed by atoms with Crippen molar-refractivity contribution in [2.45, 2.75) is 39.2 Å². The van der Waals surface area contributed by atoms with E-state index in [1.165, 1.54) is 45.4 Å². The van der Waals surface area contributed by atoms with E-state index in [1.807, 2.05) is 0 Å². The molecular weight excluding hydrogens is 250 g/mol. The van der Waals surface area contributed by atoms with E-state index in [-0.39, 0.29) is 0 Å². The van der Waals surface area contributed by atoms with Crippen molar-refractivity contribution in [1.82, 2.24) is 15.1 Å². The zero-order valence-electron chi connectivity index (χ0n) is 13.4. The molecule has 0 aromatic rings. The van der Waals surface area contributed by atoms with Crippen LogP contribution in [0.5, 0.6) is 0 Å². The third kappa shape index (κ3) is 5.32. The summed E-state index contributed by atoms with van der Waals surface area (Å²) in [5.41, 5.74) is 0. The molecule has 4 heteroatoms. The Labute approximate surface area is 124 Å². The fourth-order valence-corrected chi connectivity index (χ4v) is 3.32. The molecule has 2 aliphatic heterocycles. The highest BCUT2D eigenvalue weighted by Gasteiger charge is 2.24. The van der Waals surface area contributed by atoms with Gasteiger partial charge in [-0.3, -0.25) is 4.90 Å². The minimum Gasteiger partial charge on any atom is -0.374 e. The summed E-state index contributed by atoms with van der Waals surface area (Å²) in [6.07, 6.45) is 4.37. The molecule has 118 valence electrons. The molecule has 0 amide bonds. The number of nitrogens with one attached hydrogen (secondary N) is 1. The van der Waals surface area contributed by atoms with Crippen LogP contribution < -0.4 is 5.32 Å². The number of morpholine rings is 1. The standard InChI is InChI=1S/C16H33N3O/c1-3-7-17-12-15-5-8-19(9-6-15)14-16-13-18(4-2)10-11-20-16/h15-17H,3-14H2,1-2H3. The Kier molecular flexibility index (Phi) is 7.28. The van der Waals surface area contributed by atoms with Gasteiger partial charge >= 0.3 is 0 Å².